The summed E-state index contributed by atoms with van der Waals surface area (Å²) in [6.07, 6.45) is 5.65. The maximum atomic E-state index is 13.3. The van der Waals surface area contributed by atoms with Gasteiger partial charge < -0.3 is 20.0 Å². The lowest BCUT2D eigenvalue weighted by Gasteiger charge is -2.38. The smallest absolute Gasteiger partial charge is 0.226 e. The highest BCUT2D eigenvalue weighted by atomic mass is 16.2. The molecule has 4 heterocycles. The highest BCUT2D eigenvalue weighted by Gasteiger charge is 2.34. The third-order valence-corrected chi connectivity index (χ3v) is 7.44. The second-order valence-electron chi connectivity index (χ2n) is 9.74. The average Bonchev–Trinajstić information content (AvgIpc) is 2.82. The Balaban J connectivity index is 1.50. The quantitative estimate of drug-likeness (QED) is 0.772. The van der Waals surface area contributed by atoms with Crippen molar-refractivity contribution >= 4 is 17.6 Å². The summed E-state index contributed by atoms with van der Waals surface area (Å²) in [5.74, 6) is 2.02. The Kier molecular flexibility index (Phi) is 6.98. The molecule has 0 aromatic carbocycles. The lowest BCUT2D eigenvalue weighted by Crippen LogP contribution is -2.46. The van der Waals surface area contributed by atoms with Gasteiger partial charge in [0.05, 0.1) is 18.3 Å². The van der Waals surface area contributed by atoms with Crippen molar-refractivity contribution in [2.45, 2.75) is 77.9 Å². The maximum Gasteiger partial charge on any atom is 0.226 e. The summed E-state index contributed by atoms with van der Waals surface area (Å²) in [7, 11) is 1.87. The molecule has 0 unspecified atom stereocenters. The topological polar surface area (TPSA) is 81.7 Å². The first-order chi connectivity index (χ1) is 15.4. The summed E-state index contributed by atoms with van der Waals surface area (Å²) in [4.78, 5) is 41.6. The highest BCUT2D eigenvalue weighted by Crippen LogP contribution is 2.33. The predicted octanol–water partition coefficient (Wildman–Crippen LogP) is 2.60. The molecule has 8 heteroatoms. The van der Waals surface area contributed by atoms with E-state index >= 15 is 0 Å². The number of hydrogen-bond donors (Lipinski definition) is 1. The molecule has 0 aliphatic carbocycles. The molecule has 1 N–H and O–H groups in total. The van der Waals surface area contributed by atoms with Gasteiger partial charge in [0.15, 0.2) is 5.82 Å². The van der Waals surface area contributed by atoms with E-state index in [9.17, 15) is 9.59 Å². The maximum absolute atomic E-state index is 13.3. The Morgan fingerprint density at radius 1 is 1.03 bits per heavy atom. The van der Waals surface area contributed by atoms with Crippen molar-refractivity contribution in [3.63, 3.8) is 0 Å². The van der Waals surface area contributed by atoms with Gasteiger partial charge in [-0.1, -0.05) is 0 Å². The van der Waals surface area contributed by atoms with Gasteiger partial charge in [0.2, 0.25) is 11.8 Å². The van der Waals surface area contributed by atoms with Crippen LogP contribution in [0.4, 0.5) is 5.82 Å². The fourth-order valence-corrected chi connectivity index (χ4v) is 5.47. The van der Waals surface area contributed by atoms with Crippen LogP contribution in [0.3, 0.4) is 0 Å². The zero-order valence-corrected chi connectivity index (χ0v) is 20.1. The van der Waals surface area contributed by atoms with Crippen LogP contribution in [0.2, 0.25) is 0 Å². The molecule has 2 fully saturated rings. The molecule has 0 bridgehead atoms. The lowest BCUT2D eigenvalue weighted by atomic mass is 9.93. The minimum absolute atomic E-state index is 0.0514. The van der Waals surface area contributed by atoms with Gasteiger partial charge in [-0.3, -0.25) is 9.59 Å². The molecule has 8 nitrogen and oxygen atoms in total. The van der Waals surface area contributed by atoms with Gasteiger partial charge in [-0.2, -0.15) is 0 Å². The van der Waals surface area contributed by atoms with Gasteiger partial charge in [0.1, 0.15) is 5.82 Å². The number of hydrogen-bond acceptors (Lipinski definition) is 6. The van der Waals surface area contributed by atoms with E-state index in [4.69, 9.17) is 9.97 Å². The Bertz CT molecular complexity index is 832. The van der Waals surface area contributed by atoms with Crippen molar-refractivity contribution in [3.05, 3.63) is 17.1 Å². The number of aromatic nitrogens is 2. The summed E-state index contributed by atoms with van der Waals surface area (Å²) in [5, 5.41) is 3.24. The summed E-state index contributed by atoms with van der Waals surface area (Å²) in [6, 6.07) is 0.491. The third-order valence-electron chi connectivity index (χ3n) is 7.44. The first kappa shape index (κ1) is 23.0. The number of rotatable bonds is 4. The number of carbonyl (C=O) groups excluding carboxylic acids is 2. The van der Waals surface area contributed by atoms with E-state index in [1.807, 2.05) is 16.8 Å². The average molecular weight is 443 g/mol. The molecule has 2 amide bonds. The molecule has 3 aliphatic heterocycles. The summed E-state index contributed by atoms with van der Waals surface area (Å²) >= 11 is 0. The molecule has 1 aromatic heterocycles. The first-order valence-electron chi connectivity index (χ1n) is 12.3. The minimum Gasteiger partial charge on any atom is -0.373 e. The van der Waals surface area contributed by atoms with E-state index in [1.54, 1.807) is 6.92 Å². The van der Waals surface area contributed by atoms with Gasteiger partial charge in [-0.25, -0.2) is 9.97 Å². The largest absolute Gasteiger partial charge is 0.373 e. The lowest BCUT2D eigenvalue weighted by molar-refractivity contribution is -0.138. The molecule has 32 heavy (non-hydrogen) atoms. The fraction of sp³-hybridized carbons (Fsp3) is 0.750. The predicted molar refractivity (Wildman–Crippen MR) is 124 cm³/mol. The fourth-order valence-electron chi connectivity index (χ4n) is 5.47. The summed E-state index contributed by atoms with van der Waals surface area (Å²) < 4.78 is 0. The molecule has 0 saturated carbocycles. The SMILES string of the molecule is CNc1nc([C@@H]2CCCCN2C(C)=O)nc2c1CN(C(=O)C1CCN(C(C)C)CC1)CC2. The minimum atomic E-state index is -0.0514. The number of likely N-dealkylation sites (tertiary alicyclic amines) is 2. The molecule has 0 radical (unpaired) electrons. The van der Waals surface area contributed by atoms with Crippen molar-refractivity contribution in [2.75, 3.05) is 38.5 Å². The second kappa shape index (κ2) is 9.73. The van der Waals surface area contributed by atoms with Gasteiger partial charge in [0.25, 0.3) is 0 Å². The standard InChI is InChI=1S/C24H38N6O2/c1-16(2)28-12-8-18(9-13-28)24(32)29-14-10-20-19(15-29)22(25-4)27-23(26-20)21-7-5-6-11-30(21)17(3)31/h16,18,21H,5-15H2,1-4H3,(H,25,26,27)/t21-/m0/s1. The van der Waals surface area contributed by atoms with Crippen LogP contribution in [0.25, 0.3) is 0 Å². The van der Waals surface area contributed by atoms with E-state index in [1.165, 1.54) is 0 Å². The molecular weight excluding hydrogens is 404 g/mol. The van der Waals surface area contributed by atoms with Gasteiger partial charge >= 0.3 is 0 Å². The van der Waals surface area contributed by atoms with Crippen molar-refractivity contribution < 1.29 is 9.59 Å². The normalized spacial score (nSPS) is 22.7. The first-order valence-corrected chi connectivity index (χ1v) is 12.3. The molecule has 0 spiro atoms. The third kappa shape index (κ3) is 4.60. The van der Waals surface area contributed by atoms with Crippen LogP contribution in [0.5, 0.6) is 0 Å². The molecule has 3 aliphatic rings. The van der Waals surface area contributed by atoms with Crippen molar-refractivity contribution in [2.24, 2.45) is 5.92 Å². The van der Waals surface area contributed by atoms with Gasteiger partial charge in [0, 0.05) is 51.0 Å². The Labute approximate surface area is 191 Å². The van der Waals surface area contributed by atoms with E-state index in [0.29, 0.717) is 19.1 Å². The number of nitrogens with zero attached hydrogens (tertiary/aromatic N) is 5. The molecule has 4 rings (SSSR count). The number of anilines is 1. The van der Waals surface area contributed by atoms with E-state index in [0.717, 1.165) is 81.1 Å². The van der Waals surface area contributed by atoms with Crippen molar-refractivity contribution in [3.8, 4) is 0 Å². The Morgan fingerprint density at radius 3 is 2.44 bits per heavy atom. The van der Waals surface area contributed by atoms with Crippen molar-refractivity contribution in [1.82, 2.24) is 24.7 Å². The molecule has 176 valence electrons. The zero-order chi connectivity index (χ0) is 22.8. The number of fused-ring (bicyclic) bond motifs is 1. The van der Waals surface area contributed by atoms with Gasteiger partial charge in [-0.15, -0.1) is 0 Å². The van der Waals surface area contributed by atoms with E-state index < -0.39 is 0 Å². The Hall–Kier alpha value is -2.22. The van der Waals surface area contributed by atoms with Gasteiger partial charge in [-0.05, 0) is 59.0 Å². The van der Waals surface area contributed by atoms with Crippen LogP contribution in [-0.4, -0.2) is 75.8 Å². The second-order valence-corrected chi connectivity index (χ2v) is 9.74. The highest BCUT2D eigenvalue weighted by molar-refractivity contribution is 5.79. The zero-order valence-electron chi connectivity index (χ0n) is 20.1. The molecule has 2 saturated heterocycles. The number of nitrogens with one attached hydrogen (secondary N) is 1. The Morgan fingerprint density at radius 2 is 1.78 bits per heavy atom. The number of carbonyl (C=O) groups is 2. The molecule has 1 atom stereocenters. The monoisotopic (exact) mass is 442 g/mol. The van der Waals surface area contributed by atoms with Crippen LogP contribution < -0.4 is 5.32 Å². The van der Waals surface area contributed by atoms with Crippen LogP contribution in [0, 0.1) is 5.92 Å². The molecular formula is C24H38N6O2. The summed E-state index contributed by atoms with van der Waals surface area (Å²) in [6.45, 7) is 10.1. The van der Waals surface area contributed by atoms with E-state index in [-0.39, 0.29) is 23.8 Å². The van der Waals surface area contributed by atoms with Crippen LogP contribution in [0.15, 0.2) is 0 Å². The van der Waals surface area contributed by atoms with E-state index in [2.05, 4.69) is 24.1 Å². The van der Waals surface area contributed by atoms with Crippen LogP contribution in [-0.2, 0) is 22.6 Å². The summed E-state index contributed by atoms with van der Waals surface area (Å²) in [5.41, 5.74) is 2.05. The van der Waals surface area contributed by atoms with Crippen LogP contribution in [0.1, 0.15) is 76.0 Å². The van der Waals surface area contributed by atoms with Crippen LogP contribution >= 0.6 is 0 Å². The number of piperidine rings is 2. The number of amides is 2. The molecule has 1 aromatic rings. The van der Waals surface area contributed by atoms with Crippen molar-refractivity contribution in [1.29, 1.82) is 0 Å².